The van der Waals surface area contributed by atoms with Gasteiger partial charge in [-0.25, -0.2) is 9.78 Å². The summed E-state index contributed by atoms with van der Waals surface area (Å²) in [5.74, 6) is 1.15. The first kappa shape index (κ1) is 24.1. The summed E-state index contributed by atoms with van der Waals surface area (Å²) in [6, 6.07) is 23.1. The highest BCUT2D eigenvalue weighted by Gasteiger charge is 2.21. The number of benzene rings is 3. The van der Waals surface area contributed by atoms with E-state index in [9.17, 15) is 4.79 Å². The lowest BCUT2D eigenvalue weighted by molar-refractivity contribution is 0.236. The lowest BCUT2D eigenvalue weighted by atomic mass is 10.1. The molecule has 37 heavy (non-hydrogen) atoms. The predicted octanol–water partition coefficient (Wildman–Crippen LogP) is 4.09. The Morgan fingerprint density at radius 1 is 1.00 bits per heavy atom. The maximum Gasteiger partial charge on any atom is 0.315 e. The van der Waals surface area contributed by atoms with Gasteiger partial charge in [0.05, 0.1) is 17.3 Å². The van der Waals surface area contributed by atoms with E-state index in [0.717, 1.165) is 44.5 Å². The number of nitrogens with one attached hydrogen (secondary N) is 4. The minimum atomic E-state index is -0.364. The molecule has 0 bridgehead atoms. The molecule has 0 unspecified atom stereocenters. The lowest BCUT2D eigenvalue weighted by Crippen LogP contribution is -2.38. The van der Waals surface area contributed by atoms with Crippen molar-refractivity contribution in [2.45, 2.75) is 32.5 Å². The molecular weight excluding hydrogens is 464 g/mol. The third kappa shape index (κ3) is 5.46. The second kappa shape index (κ2) is 10.5. The number of aromatic nitrogens is 4. The highest BCUT2D eigenvalue weighted by atomic mass is 16.2. The molecule has 8 N–H and O–H groups in total. The van der Waals surface area contributed by atoms with E-state index in [1.54, 1.807) is 0 Å². The number of urea groups is 1. The molecule has 9 heteroatoms. The SMILES string of the molecule is Cc1[nH]c([C@H](Cc2ccccc2)NC(=O)NCc2cccc(CN)c2)nc1-c1ccc2c(N)n[nH]c2c1. The molecule has 3 aromatic carbocycles. The standard InChI is InChI=1S/C28H30N8O/c1-17-25(21-10-11-22-23(14-21)35-36-26(22)30)34-27(32-17)24(13-18-6-3-2-4-7-18)33-28(37)31-16-20-9-5-8-19(12-20)15-29/h2-12,14,24H,13,15-16,29H2,1H3,(H,32,34)(H3,30,35,36)(H2,31,33,37)/t24-/m0/s1. The van der Waals surface area contributed by atoms with Crippen molar-refractivity contribution in [1.29, 1.82) is 0 Å². The minimum absolute atomic E-state index is 0.274. The number of fused-ring (bicyclic) bond motifs is 1. The predicted molar refractivity (Wildman–Crippen MR) is 145 cm³/mol. The zero-order chi connectivity index (χ0) is 25.8. The van der Waals surface area contributed by atoms with Crippen LogP contribution in [0.3, 0.4) is 0 Å². The summed E-state index contributed by atoms with van der Waals surface area (Å²) < 4.78 is 0. The number of carbonyl (C=O) groups is 1. The molecule has 0 aliphatic carbocycles. The van der Waals surface area contributed by atoms with Crippen molar-refractivity contribution in [3.63, 3.8) is 0 Å². The molecule has 0 spiro atoms. The van der Waals surface area contributed by atoms with Crippen molar-refractivity contribution in [3.8, 4) is 11.3 Å². The molecule has 0 saturated heterocycles. The number of amides is 2. The van der Waals surface area contributed by atoms with Crippen LogP contribution in [0.2, 0.25) is 0 Å². The number of anilines is 1. The third-order valence-corrected chi connectivity index (χ3v) is 6.37. The van der Waals surface area contributed by atoms with Gasteiger partial charge >= 0.3 is 6.03 Å². The van der Waals surface area contributed by atoms with E-state index < -0.39 is 0 Å². The van der Waals surface area contributed by atoms with Crippen LogP contribution in [-0.4, -0.2) is 26.2 Å². The Morgan fingerprint density at radius 3 is 2.59 bits per heavy atom. The first-order chi connectivity index (χ1) is 18.0. The Kier molecular flexibility index (Phi) is 6.87. The van der Waals surface area contributed by atoms with Crippen molar-refractivity contribution in [1.82, 2.24) is 30.8 Å². The molecule has 188 valence electrons. The van der Waals surface area contributed by atoms with Gasteiger partial charge in [0.25, 0.3) is 0 Å². The van der Waals surface area contributed by atoms with Crippen molar-refractivity contribution in [2.75, 3.05) is 5.73 Å². The molecule has 0 fully saturated rings. The summed E-state index contributed by atoms with van der Waals surface area (Å²) in [6.45, 7) is 2.83. The quantitative estimate of drug-likeness (QED) is 0.192. The van der Waals surface area contributed by atoms with Crippen LogP contribution in [0.25, 0.3) is 22.2 Å². The zero-order valence-electron chi connectivity index (χ0n) is 20.6. The number of hydrogen-bond acceptors (Lipinski definition) is 5. The van der Waals surface area contributed by atoms with Crippen molar-refractivity contribution in [3.05, 3.63) is 101 Å². The molecule has 0 aliphatic heterocycles. The second-order valence-corrected chi connectivity index (χ2v) is 9.06. The van der Waals surface area contributed by atoms with Crippen LogP contribution in [0.5, 0.6) is 0 Å². The van der Waals surface area contributed by atoms with Crippen LogP contribution in [0, 0.1) is 6.92 Å². The normalized spacial score (nSPS) is 11.9. The molecule has 1 atom stereocenters. The number of carbonyl (C=O) groups excluding carboxylic acids is 1. The Morgan fingerprint density at radius 2 is 1.78 bits per heavy atom. The van der Waals surface area contributed by atoms with E-state index >= 15 is 0 Å². The first-order valence-corrected chi connectivity index (χ1v) is 12.2. The lowest BCUT2D eigenvalue weighted by Gasteiger charge is -2.18. The maximum absolute atomic E-state index is 12.9. The van der Waals surface area contributed by atoms with Gasteiger partial charge in [-0.05, 0) is 42.2 Å². The van der Waals surface area contributed by atoms with Gasteiger partial charge in [-0.15, -0.1) is 0 Å². The number of aromatic amines is 2. The van der Waals surface area contributed by atoms with E-state index in [4.69, 9.17) is 16.5 Å². The van der Waals surface area contributed by atoms with Gasteiger partial charge in [-0.3, -0.25) is 5.10 Å². The van der Waals surface area contributed by atoms with E-state index in [-0.39, 0.29) is 12.1 Å². The van der Waals surface area contributed by atoms with Gasteiger partial charge in [-0.1, -0.05) is 60.7 Å². The molecule has 5 rings (SSSR count). The van der Waals surface area contributed by atoms with Gasteiger partial charge in [0, 0.05) is 29.7 Å². The van der Waals surface area contributed by atoms with Gasteiger partial charge in [0.15, 0.2) is 5.82 Å². The summed E-state index contributed by atoms with van der Waals surface area (Å²) in [5.41, 5.74) is 18.3. The largest absolute Gasteiger partial charge is 0.382 e. The fourth-order valence-electron chi connectivity index (χ4n) is 4.44. The van der Waals surface area contributed by atoms with Crippen molar-refractivity contribution >= 4 is 22.8 Å². The molecule has 2 amide bonds. The van der Waals surface area contributed by atoms with Crippen LogP contribution in [0.15, 0.2) is 72.8 Å². The summed E-state index contributed by atoms with van der Waals surface area (Å²) >= 11 is 0. The first-order valence-electron chi connectivity index (χ1n) is 12.2. The molecule has 2 heterocycles. The van der Waals surface area contributed by atoms with Gasteiger partial charge in [0.2, 0.25) is 0 Å². The number of hydrogen-bond donors (Lipinski definition) is 6. The van der Waals surface area contributed by atoms with Gasteiger partial charge < -0.3 is 27.1 Å². The topological polar surface area (TPSA) is 151 Å². The molecule has 2 aromatic heterocycles. The molecule has 0 radical (unpaired) electrons. The minimum Gasteiger partial charge on any atom is -0.382 e. The highest BCUT2D eigenvalue weighted by molar-refractivity contribution is 5.91. The Balaban J connectivity index is 1.38. The average molecular weight is 495 g/mol. The summed E-state index contributed by atoms with van der Waals surface area (Å²) in [5, 5.41) is 14.0. The smallest absolute Gasteiger partial charge is 0.315 e. The zero-order valence-corrected chi connectivity index (χ0v) is 20.6. The van der Waals surface area contributed by atoms with Crippen LogP contribution >= 0.6 is 0 Å². The highest BCUT2D eigenvalue weighted by Crippen LogP contribution is 2.28. The Hall–Kier alpha value is -4.63. The fraction of sp³-hybridized carbons (Fsp3) is 0.179. The van der Waals surface area contributed by atoms with Gasteiger partial charge in [0.1, 0.15) is 5.82 Å². The number of aryl methyl sites for hydroxylation is 1. The van der Waals surface area contributed by atoms with Gasteiger partial charge in [-0.2, -0.15) is 5.10 Å². The third-order valence-electron chi connectivity index (χ3n) is 6.37. The van der Waals surface area contributed by atoms with Crippen LogP contribution in [-0.2, 0) is 19.5 Å². The summed E-state index contributed by atoms with van der Waals surface area (Å²) in [4.78, 5) is 21.2. The Bertz CT molecular complexity index is 1520. The number of nitrogens with zero attached hydrogens (tertiary/aromatic N) is 2. The molecule has 5 aromatic rings. The average Bonchev–Trinajstić information content (AvgIpc) is 3.50. The van der Waals surface area contributed by atoms with Crippen LogP contribution < -0.4 is 22.1 Å². The number of nitrogen functional groups attached to an aromatic ring is 1. The maximum atomic E-state index is 12.9. The van der Waals surface area contributed by atoms with Crippen molar-refractivity contribution < 1.29 is 4.79 Å². The summed E-state index contributed by atoms with van der Waals surface area (Å²) in [7, 11) is 0. The number of H-pyrrole nitrogens is 2. The number of rotatable bonds is 8. The molecule has 0 aliphatic rings. The monoisotopic (exact) mass is 494 g/mol. The molecule has 9 nitrogen and oxygen atoms in total. The summed E-state index contributed by atoms with van der Waals surface area (Å²) in [6.07, 6.45) is 0.583. The van der Waals surface area contributed by atoms with E-state index in [1.807, 2.05) is 79.7 Å². The van der Waals surface area contributed by atoms with E-state index in [2.05, 4.69) is 25.8 Å². The Labute approximate surface area is 214 Å². The molecular formula is C28H30N8O. The van der Waals surface area contributed by atoms with Crippen molar-refractivity contribution in [2.24, 2.45) is 5.73 Å². The van der Waals surface area contributed by atoms with Crippen LogP contribution in [0.4, 0.5) is 10.6 Å². The second-order valence-electron chi connectivity index (χ2n) is 9.06. The van der Waals surface area contributed by atoms with E-state index in [1.165, 1.54) is 0 Å². The fourth-order valence-corrected chi connectivity index (χ4v) is 4.44. The number of imidazole rings is 1. The number of nitrogens with two attached hydrogens (primary N) is 2. The molecule has 0 saturated carbocycles. The van der Waals surface area contributed by atoms with Crippen LogP contribution in [0.1, 0.15) is 34.3 Å². The van der Waals surface area contributed by atoms with E-state index in [0.29, 0.717) is 31.2 Å².